The molecule has 7 nitrogen and oxygen atoms in total. The van der Waals surface area contributed by atoms with Gasteiger partial charge in [0.2, 0.25) is 5.91 Å². The molecule has 1 atom stereocenters. The molecule has 7 heteroatoms. The lowest BCUT2D eigenvalue weighted by molar-refractivity contribution is -0.138. The maximum Gasteiger partial charge on any atom is 0.314 e. The van der Waals surface area contributed by atoms with Crippen LogP contribution >= 0.6 is 0 Å². The molecule has 0 aliphatic heterocycles. The monoisotopic (exact) mass is 285 g/mol. The van der Waals surface area contributed by atoms with Gasteiger partial charge >= 0.3 is 12.0 Å². The molecule has 1 saturated carbocycles. The van der Waals surface area contributed by atoms with Crippen LogP contribution in [0.3, 0.4) is 0 Å². The molecule has 0 aromatic rings. The molecule has 0 radical (unpaired) electrons. The maximum absolute atomic E-state index is 11.5. The van der Waals surface area contributed by atoms with Gasteiger partial charge in [-0.15, -0.1) is 0 Å². The fourth-order valence-electron chi connectivity index (χ4n) is 1.72. The molecule has 114 valence electrons. The average Bonchev–Trinajstić information content (AvgIpc) is 3.17. The number of nitrogens with one attached hydrogen (secondary N) is 3. The van der Waals surface area contributed by atoms with Gasteiger partial charge < -0.3 is 21.1 Å². The summed E-state index contributed by atoms with van der Waals surface area (Å²) in [5.74, 6) is -0.989. The van der Waals surface area contributed by atoms with Gasteiger partial charge in [-0.1, -0.05) is 13.3 Å². The highest BCUT2D eigenvalue weighted by atomic mass is 16.4. The number of amides is 3. The lowest BCUT2D eigenvalue weighted by Crippen LogP contribution is -2.40. The first-order valence-corrected chi connectivity index (χ1v) is 7.04. The normalized spacial score (nSPS) is 15.2. The number of carbonyl (C=O) groups is 3. The van der Waals surface area contributed by atoms with Crippen molar-refractivity contribution >= 4 is 17.9 Å². The van der Waals surface area contributed by atoms with Crippen LogP contribution in [0.4, 0.5) is 4.79 Å². The van der Waals surface area contributed by atoms with Gasteiger partial charge in [0, 0.05) is 32.0 Å². The summed E-state index contributed by atoms with van der Waals surface area (Å²) in [5, 5.41) is 16.7. The van der Waals surface area contributed by atoms with E-state index in [1.165, 1.54) is 0 Å². The number of carboxylic acids is 1. The van der Waals surface area contributed by atoms with E-state index in [4.69, 9.17) is 5.11 Å². The van der Waals surface area contributed by atoms with Gasteiger partial charge in [-0.3, -0.25) is 9.59 Å². The van der Waals surface area contributed by atoms with Gasteiger partial charge in [-0.05, 0) is 18.8 Å². The fourth-order valence-corrected chi connectivity index (χ4v) is 1.72. The number of aliphatic carboxylic acids is 1. The topological polar surface area (TPSA) is 108 Å². The van der Waals surface area contributed by atoms with E-state index in [9.17, 15) is 14.4 Å². The Morgan fingerprint density at radius 3 is 2.50 bits per heavy atom. The summed E-state index contributed by atoms with van der Waals surface area (Å²) >= 11 is 0. The van der Waals surface area contributed by atoms with Crippen LogP contribution in [-0.4, -0.2) is 42.1 Å². The van der Waals surface area contributed by atoms with Crippen molar-refractivity contribution in [3.8, 4) is 0 Å². The highest BCUT2D eigenvalue weighted by Crippen LogP contribution is 2.18. The van der Waals surface area contributed by atoms with E-state index in [0.717, 1.165) is 12.8 Å². The van der Waals surface area contributed by atoms with Crippen LogP contribution in [0.5, 0.6) is 0 Å². The second kappa shape index (κ2) is 8.39. The van der Waals surface area contributed by atoms with Crippen LogP contribution in [0.2, 0.25) is 0 Å². The highest BCUT2D eigenvalue weighted by molar-refractivity contribution is 5.78. The van der Waals surface area contributed by atoms with Crippen molar-refractivity contribution < 1.29 is 19.5 Å². The molecule has 0 aromatic heterocycles. The van der Waals surface area contributed by atoms with Gasteiger partial charge in [0.25, 0.3) is 0 Å². The quantitative estimate of drug-likeness (QED) is 0.493. The van der Waals surface area contributed by atoms with Crippen LogP contribution in [0.1, 0.15) is 39.0 Å². The number of hydrogen-bond acceptors (Lipinski definition) is 3. The van der Waals surface area contributed by atoms with Crippen molar-refractivity contribution in [1.29, 1.82) is 0 Å². The van der Waals surface area contributed by atoms with Crippen molar-refractivity contribution in [3.05, 3.63) is 0 Å². The Morgan fingerprint density at radius 1 is 1.25 bits per heavy atom. The average molecular weight is 285 g/mol. The highest BCUT2D eigenvalue weighted by Gasteiger charge is 2.22. The van der Waals surface area contributed by atoms with Crippen molar-refractivity contribution in [2.75, 3.05) is 13.1 Å². The van der Waals surface area contributed by atoms with Crippen LogP contribution in [-0.2, 0) is 9.59 Å². The third kappa shape index (κ3) is 7.60. The zero-order chi connectivity index (χ0) is 15.0. The number of urea groups is 1. The summed E-state index contributed by atoms with van der Waals surface area (Å²) < 4.78 is 0. The Bertz CT molecular complexity index is 356. The molecule has 0 heterocycles. The lowest BCUT2D eigenvalue weighted by atomic mass is 10.0. The summed E-state index contributed by atoms with van der Waals surface area (Å²) in [4.78, 5) is 33.4. The molecule has 1 unspecified atom stereocenters. The summed E-state index contributed by atoms with van der Waals surface area (Å²) in [5.41, 5.74) is 0. The van der Waals surface area contributed by atoms with E-state index in [1.54, 1.807) is 0 Å². The molecule has 1 aliphatic carbocycles. The molecule has 1 aliphatic rings. The van der Waals surface area contributed by atoms with Crippen LogP contribution < -0.4 is 16.0 Å². The van der Waals surface area contributed by atoms with E-state index < -0.39 is 5.97 Å². The van der Waals surface area contributed by atoms with Crippen molar-refractivity contribution in [1.82, 2.24) is 16.0 Å². The standard InChI is InChI=1S/C13H23N3O4/c1-2-9(7-12(18)19)8-15-13(20)14-6-5-11(17)16-10-3-4-10/h9-10H,2-8H2,1H3,(H,16,17)(H,18,19)(H2,14,15,20). The number of rotatable bonds is 9. The molecular formula is C13H23N3O4. The first-order chi connectivity index (χ1) is 9.51. The number of carboxylic acid groups (broad SMARTS) is 1. The predicted octanol–water partition coefficient (Wildman–Crippen LogP) is 0.455. The van der Waals surface area contributed by atoms with E-state index in [1.807, 2.05) is 6.92 Å². The molecule has 4 N–H and O–H groups in total. The summed E-state index contributed by atoms with van der Waals surface area (Å²) in [6.07, 6.45) is 3.08. The minimum Gasteiger partial charge on any atom is -0.481 e. The molecular weight excluding hydrogens is 262 g/mol. The Balaban J connectivity index is 2.06. The summed E-state index contributed by atoms with van der Waals surface area (Å²) in [6, 6.07) is -0.0364. The van der Waals surface area contributed by atoms with Gasteiger partial charge in [-0.2, -0.15) is 0 Å². The lowest BCUT2D eigenvalue weighted by Gasteiger charge is -2.14. The zero-order valence-corrected chi connectivity index (χ0v) is 11.8. The molecule has 1 fully saturated rings. The van der Waals surface area contributed by atoms with Gasteiger partial charge in [0.15, 0.2) is 0 Å². The Kier molecular flexibility index (Phi) is 6.83. The number of hydrogen-bond donors (Lipinski definition) is 4. The minimum absolute atomic E-state index is 0.0422. The van der Waals surface area contributed by atoms with Crippen LogP contribution in [0, 0.1) is 5.92 Å². The Hall–Kier alpha value is -1.79. The van der Waals surface area contributed by atoms with E-state index in [0.29, 0.717) is 19.0 Å². The largest absolute Gasteiger partial charge is 0.481 e. The van der Waals surface area contributed by atoms with Crippen LogP contribution in [0.25, 0.3) is 0 Å². The smallest absolute Gasteiger partial charge is 0.314 e. The van der Waals surface area contributed by atoms with Crippen molar-refractivity contribution in [2.45, 2.75) is 45.1 Å². The molecule has 0 saturated heterocycles. The molecule has 3 amide bonds. The van der Waals surface area contributed by atoms with E-state index in [-0.39, 0.29) is 37.2 Å². The van der Waals surface area contributed by atoms with Gasteiger partial charge in [0.05, 0.1) is 0 Å². The molecule has 0 bridgehead atoms. The van der Waals surface area contributed by atoms with E-state index in [2.05, 4.69) is 16.0 Å². The Morgan fingerprint density at radius 2 is 1.95 bits per heavy atom. The van der Waals surface area contributed by atoms with Crippen LogP contribution in [0.15, 0.2) is 0 Å². The summed E-state index contributed by atoms with van der Waals surface area (Å²) in [6.45, 7) is 2.48. The predicted molar refractivity (Wildman–Crippen MR) is 73.2 cm³/mol. The fraction of sp³-hybridized carbons (Fsp3) is 0.769. The molecule has 20 heavy (non-hydrogen) atoms. The van der Waals surface area contributed by atoms with Gasteiger partial charge in [-0.25, -0.2) is 4.79 Å². The zero-order valence-electron chi connectivity index (χ0n) is 11.8. The number of carbonyl (C=O) groups excluding carboxylic acids is 2. The van der Waals surface area contributed by atoms with Crippen molar-refractivity contribution in [2.24, 2.45) is 5.92 Å². The SMILES string of the molecule is CCC(CNC(=O)NCCC(=O)NC1CC1)CC(=O)O. The summed E-state index contributed by atoms with van der Waals surface area (Å²) in [7, 11) is 0. The molecule has 0 aromatic carbocycles. The third-order valence-electron chi connectivity index (χ3n) is 3.17. The molecule has 0 spiro atoms. The third-order valence-corrected chi connectivity index (χ3v) is 3.17. The first kappa shape index (κ1) is 16.3. The maximum atomic E-state index is 11.5. The van der Waals surface area contributed by atoms with E-state index >= 15 is 0 Å². The second-order valence-electron chi connectivity index (χ2n) is 5.10. The second-order valence-corrected chi connectivity index (χ2v) is 5.10. The molecule has 1 rings (SSSR count). The van der Waals surface area contributed by atoms with Crippen molar-refractivity contribution in [3.63, 3.8) is 0 Å². The van der Waals surface area contributed by atoms with Gasteiger partial charge in [0.1, 0.15) is 0 Å². The minimum atomic E-state index is -0.865. The first-order valence-electron chi connectivity index (χ1n) is 7.04. The Labute approximate surface area is 118 Å².